The zero-order valence-electron chi connectivity index (χ0n) is 18.6. The Morgan fingerprint density at radius 1 is 0.939 bits per heavy atom. The number of hydrogen-bond donors (Lipinski definition) is 0. The van der Waals surface area contributed by atoms with Crippen molar-refractivity contribution in [2.45, 2.75) is 27.3 Å². The predicted molar refractivity (Wildman–Crippen MR) is 125 cm³/mol. The van der Waals surface area contributed by atoms with Gasteiger partial charge in [-0.05, 0) is 51.1 Å². The molecule has 0 radical (unpaired) electrons. The van der Waals surface area contributed by atoms with Crippen LogP contribution in [0.15, 0.2) is 71.8 Å². The number of carbonyl (C=O) groups is 1. The van der Waals surface area contributed by atoms with Gasteiger partial charge in [0.05, 0.1) is 12.2 Å². The number of aryl methyl sites for hydroxylation is 2. The van der Waals surface area contributed by atoms with E-state index in [2.05, 4.69) is 15.3 Å². The van der Waals surface area contributed by atoms with Gasteiger partial charge in [-0.15, -0.1) is 5.10 Å². The van der Waals surface area contributed by atoms with E-state index in [9.17, 15) is 9.59 Å². The predicted octanol–water partition coefficient (Wildman–Crippen LogP) is 3.58. The van der Waals surface area contributed by atoms with Crippen molar-refractivity contribution in [3.8, 4) is 11.4 Å². The molecule has 8 nitrogen and oxygen atoms in total. The molecule has 2 aromatic carbocycles. The van der Waals surface area contributed by atoms with Crippen LogP contribution in [0.3, 0.4) is 0 Å². The van der Waals surface area contributed by atoms with E-state index in [-0.39, 0.29) is 17.8 Å². The van der Waals surface area contributed by atoms with Crippen LogP contribution in [0, 0.1) is 20.8 Å². The zero-order valence-corrected chi connectivity index (χ0v) is 18.6. The molecule has 164 valence electrons. The fraction of sp³-hybridized carbons (Fsp3) is 0.160. The first-order chi connectivity index (χ1) is 15.9. The average Bonchev–Trinajstić information content (AvgIpc) is 3.38. The van der Waals surface area contributed by atoms with Crippen molar-refractivity contribution in [1.82, 2.24) is 29.1 Å². The Bertz CT molecular complexity index is 1540. The number of para-hydroxylation sites is 1. The summed E-state index contributed by atoms with van der Waals surface area (Å²) in [5.74, 6) is -0.167. The summed E-state index contributed by atoms with van der Waals surface area (Å²) in [5, 5.41) is 8.10. The Morgan fingerprint density at radius 3 is 2.39 bits per heavy atom. The quantitative estimate of drug-likeness (QED) is 0.392. The van der Waals surface area contributed by atoms with E-state index >= 15 is 0 Å². The molecule has 0 aliphatic heterocycles. The van der Waals surface area contributed by atoms with Crippen molar-refractivity contribution in [2.75, 3.05) is 0 Å². The van der Waals surface area contributed by atoms with Gasteiger partial charge in [0.15, 0.2) is 16.9 Å². The van der Waals surface area contributed by atoms with Crippen LogP contribution >= 0.6 is 0 Å². The molecule has 0 unspecified atom stereocenters. The highest BCUT2D eigenvalue weighted by Crippen LogP contribution is 2.22. The summed E-state index contributed by atoms with van der Waals surface area (Å²) in [6.07, 6.45) is 1.38. The summed E-state index contributed by atoms with van der Waals surface area (Å²) in [6.45, 7) is 5.79. The Labute approximate surface area is 189 Å². The molecule has 0 saturated heterocycles. The number of carbonyl (C=O) groups excluding carboxylic acids is 1. The van der Waals surface area contributed by atoms with Gasteiger partial charge in [-0.3, -0.25) is 14.2 Å². The maximum Gasteiger partial charge on any atom is 0.283 e. The lowest BCUT2D eigenvalue weighted by molar-refractivity contribution is 0.0970. The van der Waals surface area contributed by atoms with E-state index in [0.717, 1.165) is 22.8 Å². The molecule has 3 aromatic heterocycles. The number of rotatable bonds is 5. The number of Topliss-reactive ketones (excluding diaryl/α,β-unsaturated/α-hetero) is 1. The highest BCUT2D eigenvalue weighted by atomic mass is 16.1. The Morgan fingerprint density at radius 2 is 1.67 bits per heavy atom. The molecule has 0 atom stereocenters. The van der Waals surface area contributed by atoms with Crippen molar-refractivity contribution < 1.29 is 4.79 Å². The van der Waals surface area contributed by atoms with Crippen LogP contribution in [0.1, 0.15) is 27.3 Å². The van der Waals surface area contributed by atoms with E-state index in [1.807, 2.05) is 86.0 Å². The number of ketones is 1. The number of hydrogen-bond acceptors (Lipinski definition) is 5. The molecule has 0 fully saturated rings. The van der Waals surface area contributed by atoms with Crippen molar-refractivity contribution in [3.05, 3.63) is 99.9 Å². The van der Waals surface area contributed by atoms with Crippen LogP contribution in [0.2, 0.25) is 0 Å². The van der Waals surface area contributed by atoms with Gasteiger partial charge in [0.25, 0.3) is 5.56 Å². The molecule has 3 heterocycles. The summed E-state index contributed by atoms with van der Waals surface area (Å²) in [6, 6.07) is 19.3. The Kier molecular flexibility index (Phi) is 4.97. The lowest BCUT2D eigenvalue weighted by atomic mass is 10.1. The van der Waals surface area contributed by atoms with Crippen molar-refractivity contribution in [3.63, 3.8) is 0 Å². The van der Waals surface area contributed by atoms with E-state index in [1.54, 1.807) is 0 Å². The van der Waals surface area contributed by atoms with Gasteiger partial charge in [0, 0.05) is 22.6 Å². The third-order valence-electron chi connectivity index (χ3n) is 5.77. The van der Waals surface area contributed by atoms with Crippen molar-refractivity contribution >= 4 is 16.9 Å². The molecule has 0 amide bonds. The van der Waals surface area contributed by atoms with Gasteiger partial charge in [-0.1, -0.05) is 41.1 Å². The number of nitrogens with zero attached hydrogens (tertiary/aromatic N) is 6. The second kappa shape index (κ2) is 7.98. The molecule has 0 aliphatic rings. The van der Waals surface area contributed by atoms with E-state index < -0.39 is 5.56 Å². The molecule has 5 rings (SSSR count). The lowest BCUT2D eigenvalue weighted by Crippen LogP contribution is -2.25. The van der Waals surface area contributed by atoms with Crippen LogP contribution in [-0.4, -0.2) is 34.9 Å². The molecule has 5 aromatic rings. The fourth-order valence-corrected chi connectivity index (χ4v) is 4.08. The summed E-state index contributed by atoms with van der Waals surface area (Å²) in [4.78, 5) is 30.5. The second-order valence-electron chi connectivity index (χ2n) is 8.07. The maximum absolute atomic E-state index is 13.2. The summed E-state index contributed by atoms with van der Waals surface area (Å²) in [5.41, 5.74) is 5.35. The smallest absolute Gasteiger partial charge is 0.283 e. The first-order valence-corrected chi connectivity index (χ1v) is 10.6. The van der Waals surface area contributed by atoms with Gasteiger partial charge in [-0.2, -0.15) is 4.68 Å². The lowest BCUT2D eigenvalue weighted by Gasteiger charge is -2.10. The molecular formula is C25H22N6O2. The summed E-state index contributed by atoms with van der Waals surface area (Å²) >= 11 is 0. The van der Waals surface area contributed by atoms with E-state index in [1.165, 1.54) is 21.1 Å². The van der Waals surface area contributed by atoms with Crippen LogP contribution in [0.4, 0.5) is 0 Å². The first kappa shape index (κ1) is 20.6. The van der Waals surface area contributed by atoms with Gasteiger partial charge in [0.2, 0.25) is 0 Å². The molecule has 0 spiro atoms. The first-order valence-electron chi connectivity index (χ1n) is 10.6. The molecule has 8 heteroatoms. The fourth-order valence-electron chi connectivity index (χ4n) is 4.08. The standard InChI is InChI=1S/C25H22N6O2/c1-16-9-11-19(12-10-16)30-17(2)13-21(18(30)3)22(32)14-29-15-26-24-23(25(29)33)27-28-31(24)20-7-5-4-6-8-20/h4-13,15H,14H2,1-3H3. The minimum Gasteiger partial charge on any atom is -0.318 e. The largest absolute Gasteiger partial charge is 0.318 e. The molecule has 0 aliphatic carbocycles. The number of fused-ring (bicyclic) bond motifs is 1. The SMILES string of the molecule is Cc1ccc(-n2c(C)cc(C(=O)Cn3cnc4c(nnn4-c4ccccc4)c3=O)c2C)cc1. The van der Waals surface area contributed by atoms with E-state index in [0.29, 0.717) is 11.2 Å². The Hall–Kier alpha value is -4.33. The molecule has 33 heavy (non-hydrogen) atoms. The number of aromatic nitrogens is 6. The van der Waals surface area contributed by atoms with Gasteiger partial charge in [0.1, 0.15) is 6.33 Å². The van der Waals surface area contributed by atoms with Gasteiger partial charge >= 0.3 is 0 Å². The Balaban J connectivity index is 1.48. The topological polar surface area (TPSA) is 87.6 Å². The molecule has 0 N–H and O–H groups in total. The van der Waals surface area contributed by atoms with Crippen molar-refractivity contribution in [1.29, 1.82) is 0 Å². The third-order valence-corrected chi connectivity index (χ3v) is 5.77. The summed E-state index contributed by atoms with van der Waals surface area (Å²) < 4.78 is 4.84. The summed E-state index contributed by atoms with van der Waals surface area (Å²) in [7, 11) is 0. The number of benzene rings is 2. The van der Waals surface area contributed by atoms with Crippen LogP contribution in [-0.2, 0) is 6.54 Å². The molecular weight excluding hydrogens is 416 g/mol. The third kappa shape index (κ3) is 3.55. The van der Waals surface area contributed by atoms with Crippen molar-refractivity contribution in [2.24, 2.45) is 0 Å². The highest BCUT2D eigenvalue weighted by Gasteiger charge is 2.19. The average molecular weight is 438 g/mol. The van der Waals surface area contributed by atoms with Crippen LogP contribution < -0.4 is 5.56 Å². The minimum atomic E-state index is -0.400. The van der Waals surface area contributed by atoms with Gasteiger partial charge in [-0.25, -0.2) is 4.98 Å². The van der Waals surface area contributed by atoms with E-state index in [4.69, 9.17) is 0 Å². The zero-order chi connectivity index (χ0) is 23.1. The van der Waals surface area contributed by atoms with Crippen LogP contribution in [0.5, 0.6) is 0 Å². The van der Waals surface area contributed by atoms with Gasteiger partial charge < -0.3 is 4.57 Å². The minimum absolute atomic E-state index is 0.124. The van der Waals surface area contributed by atoms with Crippen LogP contribution in [0.25, 0.3) is 22.5 Å². The second-order valence-corrected chi connectivity index (χ2v) is 8.07. The normalized spacial score (nSPS) is 11.2. The maximum atomic E-state index is 13.2. The highest BCUT2D eigenvalue weighted by molar-refractivity contribution is 5.97. The monoisotopic (exact) mass is 438 g/mol. The molecule has 0 bridgehead atoms. The molecule has 0 saturated carbocycles.